The van der Waals surface area contributed by atoms with Crippen molar-refractivity contribution in [3.05, 3.63) is 0 Å². The zero-order valence-corrected chi connectivity index (χ0v) is 13.0. The summed E-state index contributed by atoms with van der Waals surface area (Å²) in [7, 11) is -1.000. The maximum Gasteiger partial charge on any atom is 0.211 e. The molecule has 1 N–H and O–H groups in total. The zero-order valence-electron chi connectivity index (χ0n) is 12.1. The van der Waals surface area contributed by atoms with Crippen LogP contribution >= 0.6 is 0 Å². The van der Waals surface area contributed by atoms with Crippen LogP contribution in [0.25, 0.3) is 0 Å². The highest BCUT2D eigenvalue weighted by atomic mass is 32.2. The second kappa shape index (κ2) is 6.87. The Hall–Kier alpha value is -0.130. The SMILES string of the molecule is CCC(NC)C(C)CC1CCCN(S(C)(=O)=O)C1. The van der Waals surface area contributed by atoms with Gasteiger partial charge in [0.05, 0.1) is 6.26 Å². The first-order valence-corrected chi connectivity index (χ1v) is 8.85. The second-order valence-corrected chi connectivity index (χ2v) is 7.63. The van der Waals surface area contributed by atoms with E-state index in [1.165, 1.54) is 6.26 Å². The molecule has 1 saturated heterocycles. The predicted octanol–water partition coefficient (Wildman–Crippen LogP) is 1.68. The molecule has 108 valence electrons. The van der Waals surface area contributed by atoms with E-state index in [2.05, 4.69) is 19.2 Å². The first-order chi connectivity index (χ1) is 8.38. The van der Waals surface area contributed by atoms with Gasteiger partial charge >= 0.3 is 0 Å². The topological polar surface area (TPSA) is 49.4 Å². The van der Waals surface area contributed by atoms with E-state index in [1.807, 2.05) is 7.05 Å². The second-order valence-electron chi connectivity index (χ2n) is 5.65. The van der Waals surface area contributed by atoms with Crippen molar-refractivity contribution in [2.75, 3.05) is 26.4 Å². The van der Waals surface area contributed by atoms with Crippen molar-refractivity contribution in [1.82, 2.24) is 9.62 Å². The van der Waals surface area contributed by atoms with Gasteiger partial charge in [0.25, 0.3) is 0 Å². The van der Waals surface area contributed by atoms with Crippen LogP contribution in [0.3, 0.4) is 0 Å². The summed E-state index contributed by atoms with van der Waals surface area (Å²) >= 11 is 0. The van der Waals surface area contributed by atoms with Crippen LogP contribution in [0.5, 0.6) is 0 Å². The molecule has 3 atom stereocenters. The Balaban J connectivity index is 2.52. The molecular formula is C13H28N2O2S. The summed E-state index contributed by atoms with van der Waals surface area (Å²) < 4.78 is 24.8. The third-order valence-corrected chi connectivity index (χ3v) is 5.42. The molecule has 0 aromatic carbocycles. The summed E-state index contributed by atoms with van der Waals surface area (Å²) in [6, 6.07) is 0.540. The van der Waals surface area contributed by atoms with Crippen LogP contribution in [-0.2, 0) is 10.0 Å². The highest BCUT2D eigenvalue weighted by Crippen LogP contribution is 2.26. The minimum Gasteiger partial charge on any atom is -0.317 e. The minimum atomic E-state index is -3.01. The molecule has 3 unspecified atom stereocenters. The van der Waals surface area contributed by atoms with Crippen LogP contribution in [0.2, 0.25) is 0 Å². The highest BCUT2D eigenvalue weighted by Gasteiger charge is 2.28. The summed E-state index contributed by atoms with van der Waals surface area (Å²) in [6.07, 6.45) is 5.73. The number of sulfonamides is 1. The largest absolute Gasteiger partial charge is 0.317 e. The van der Waals surface area contributed by atoms with Gasteiger partial charge in [-0.1, -0.05) is 13.8 Å². The standard InChI is InChI=1S/C13H28N2O2S/c1-5-13(14-3)11(2)9-12-7-6-8-15(10-12)18(4,16)17/h11-14H,5-10H2,1-4H3. The first kappa shape index (κ1) is 15.9. The Bertz CT molecular complexity index is 339. The van der Waals surface area contributed by atoms with Gasteiger partial charge in [0.2, 0.25) is 10.0 Å². The number of hydrogen-bond acceptors (Lipinski definition) is 3. The summed E-state index contributed by atoms with van der Waals surface area (Å²) in [4.78, 5) is 0. The normalized spacial score (nSPS) is 25.9. The molecule has 0 aromatic rings. The Morgan fingerprint density at radius 2 is 2.11 bits per heavy atom. The fraction of sp³-hybridized carbons (Fsp3) is 1.00. The Labute approximate surface area is 112 Å². The van der Waals surface area contributed by atoms with E-state index in [4.69, 9.17) is 0 Å². The van der Waals surface area contributed by atoms with Crippen molar-refractivity contribution in [2.45, 2.75) is 45.6 Å². The molecule has 0 saturated carbocycles. The van der Waals surface area contributed by atoms with E-state index in [0.29, 0.717) is 31.0 Å². The fourth-order valence-corrected chi connectivity index (χ4v) is 4.04. The lowest BCUT2D eigenvalue weighted by Crippen LogP contribution is -2.41. The van der Waals surface area contributed by atoms with Crippen LogP contribution in [0.4, 0.5) is 0 Å². The van der Waals surface area contributed by atoms with Crippen molar-refractivity contribution in [2.24, 2.45) is 11.8 Å². The summed E-state index contributed by atoms with van der Waals surface area (Å²) in [6.45, 7) is 5.88. The third-order valence-electron chi connectivity index (χ3n) is 4.15. The number of hydrogen-bond donors (Lipinski definition) is 1. The number of nitrogens with zero attached hydrogens (tertiary/aromatic N) is 1. The van der Waals surface area contributed by atoms with Crippen molar-refractivity contribution < 1.29 is 8.42 Å². The lowest BCUT2D eigenvalue weighted by molar-refractivity contribution is 0.217. The van der Waals surface area contributed by atoms with Crippen molar-refractivity contribution >= 4 is 10.0 Å². The van der Waals surface area contributed by atoms with Crippen LogP contribution in [0.15, 0.2) is 0 Å². The van der Waals surface area contributed by atoms with Gasteiger partial charge in [0, 0.05) is 19.1 Å². The molecule has 18 heavy (non-hydrogen) atoms. The van der Waals surface area contributed by atoms with Gasteiger partial charge in [0.1, 0.15) is 0 Å². The summed E-state index contributed by atoms with van der Waals surface area (Å²) in [5, 5.41) is 3.35. The summed E-state index contributed by atoms with van der Waals surface area (Å²) in [5.74, 6) is 1.12. The average molecular weight is 276 g/mol. The molecule has 1 aliphatic heterocycles. The molecule has 0 bridgehead atoms. The minimum absolute atomic E-state index is 0.519. The van der Waals surface area contributed by atoms with Crippen molar-refractivity contribution in [1.29, 1.82) is 0 Å². The molecule has 5 heteroatoms. The predicted molar refractivity (Wildman–Crippen MR) is 76.1 cm³/mol. The Kier molecular flexibility index (Phi) is 6.08. The zero-order chi connectivity index (χ0) is 13.8. The van der Waals surface area contributed by atoms with Gasteiger partial charge in [0.15, 0.2) is 0 Å². The van der Waals surface area contributed by atoms with E-state index in [1.54, 1.807) is 4.31 Å². The Morgan fingerprint density at radius 1 is 1.44 bits per heavy atom. The maximum absolute atomic E-state index is 11.6. The summed E-state index contributed by atoms with van der Waals surface area (Å²) in [5.41, 5.74) is 0. The molecule has 1 fully saturated rings. The molecule has 0 amide bonds. The van der Waals surface area contributed by atoms with Gasteiger partial charge in [-0.3, -0.25) is 0 Å². The molecule has 1 aliphatic rings. The van der Waals surface area contributed by atoms with E-state index in [9.17, 15) is 8.42 Å². The maximum atomic E-state index is 11.6. The Morgan fingerprint density at radius 3 is 2.61 bits per heavy atom. The molecular weight excluding hydrogens is 248 g/mol. The quantitative estimate of drug-likeness (QED) is 0.803. The number of nitrogens with one attached hydrogen (secondary N) is 1. The van der Waals surface area contributed by atoms with Gasteiger partial charge in [-0.05, 0) is 44.6 Å². The molecule has 1 heterocycles. The monoisotopic (exact) mass is 276 g/mol. The van der Waals surface area contributed by atoms with E-state index >= 15 is 0 Å². The van der Waals surface area contributed by atoms with Crippen LogP contribution < -0.4 is 5.32 Å². The van der Waals surface area contributed by atoms with Gasteiger partial charge in [-0.2, -0.15) is 0 Å². The molecule has 0 aromatic heterocycles. The highest BCUT2D eigenvalue weighted by molar-refractivity contribution is 7.88. The van der Waals surface area contributed by atoms with Crippen LogP contribution in [0.1, 0.15) is 39.5 Å². The first-order valence-electron chi connectivity index (χ1n) is 7.00. The van der Waals surface area contributed by atoms with Gasteiger partial charge in [-0.15, -0.1) is 0 Å². The molecule has 1 rings (SSSR count). The van der Waals surface area contributed by atoms with Gasteiger partial charge in [-0.25, -0.2) is 12.7 Å². The third kappa shape index (κ3) is 4.52. The molecule has 4 nitrogen and oxygen atoms in total. The lowest BCUT2D eigenvalue weighted by Gasteiger charge is -2.34. The average Bonchev–Trinajstić information content (AvgIpc) is 2.29. The van der Waals surface area contributed by atoms with E-state index in [0.717, 1.165) is 25.7 Å². The molecule has 0 aliphatic carbocycles. The fourth-order valence-electron chi connectivity index (χ4n) is 3.10. The van der Waals surface area contributed by atoms with E-state index in [-0.39, 0.29) is 0 Å². The molecule has 0 radical (unpaired) electrons. The number of piperidine rings is 1. The van der Waals surface area contributed by atoms with Crippen LogP contribution in [0, 0.1) is 11.8 Å². The van der Waals surface area contributed by atoms with Crippen LogP contribution in [-0.4, -0.2) is 45.2 Å². The van der Waals surface area contributed by atoms with Crippen molar-refractivity contribution in [3.8, 4) is 0 Å². The lowest BCUT2D eigenvalue weighted by atomic mass is 9.85. The molecule has 0 spiro atoms. The van der Waals surface area contributed by atoms with E-state index < -0.39 is 10.0 Å². The van der Waals surface area contributed by atoms with Crippen molar-refractivity contribution in [3.63, 3.8) is 0 Å². The van der Waals surface area contributed by atoms with Gasteiger partial charge < -0.3 is 5.32 Å². The number of rotatable bonds is 6. The smallest absolute Gasteiger partial charge is 0.211 e.